The van der Waals surface area contributed by atoms with E-state index >= 15 is 0 Å². The number of rotatable bonds is 2. The zero-order chi connectivity index (χ0) is 13.2. The molecule has 0 aliphatic heterocycles. The zero-order valence-corrected chi connectivity index (χ0v) is 11.5. The van der Waals surface area contributed by atoms with E-state index in [0.717, 1.165) is 21.1 Å². The number of hydrogen-bond donors (Lipinski definition) is 0. The molecule has 0 saturated heterocycles. The van der Waals surface area contributed by atoms with Gasteiger partial charge in [0, 0.05) is 4.47 Å². The van der Waals surface area contributed by atoms with Gasteiger partial charge in [0.15, 0.2) is 5.95 Å². The second-order valence-electron chi connectivity index (χ2n) is 4.13. The molecule has 19 heavy (non-hydrogen) atoms. The minimum Gasteiger partial charge on any atom is -0.275 e. The average molecular weight is 317 g/mol. The first-order valence-corrected chi connectivity index (χ1v) is 6.58. The lowest BCUT2D eigenvalue weighted by Gasteiger charge is -2.01. The van der Waals surface area contributed by atoms with Crippen molar-refractivity contribution in [2.24, 2.45) is 0 Å². The smallest absolute Gasteiger partial charge is 0.200 e. The van der Waals surface area contributed by atoms with Gasteiger partial charge < -0.3 is 0 Å². The van der Waals surface area contributed by atoms with Crippen LogP contribution < -0.4 is 0 Å². The second-order valence-corrected chi connectivity index (χ2v) is 5.04. The van der Waals surface area contributed by atoms with E-state index in [-0.39, 0.29) is 5.95 Å². The van der Waals surface area contributed by atoms with E-state index in [9.17, 15) is 4.39 Å². The zero-order valence-electron chi connectivity index (χ0n) is 9.92. The Morgan fingerprint density at radius 3 is 2.84 bits per heavy atom. The molecule has 4 heteroatoms. The monoisotopic (exact) mass is 316 g/mol. The van der Waals surface area contributed by atoms with E-state index in [0.29, 0.717) is 0 Å². The molecule has 0 aliphatic carbocycles. The molecule has 2 nitrogen and oxygen atoms in total. The SMILES string of the molecule is FC(=Cc1cccc(Br)c1)n1cnc2ccccc21. The summed E-state index contributed by atoms with van der Waals surface area (Å²) in [5, 5.41) is 0. The molecule has 0 unspecified atom stereocenters. The van der Waals surface area contributed by atoms with Crippen LogP contribution in [0.15, 0.2) is 59.3 Å². The van der Waals surface area contributed by atoms with Crippen molar-refractivity contribution in [3.8, 4) is 0 Å². The highest BCUT2D eigenvalue weighted by molar-refractivity contribution is 9.10. The molecule has 0 atom stereocenters. The second kappa shape index (κ2) is 4.97. The molecule has 0 spiro atoms. The van der Waals surface area contributed by atoms with E-state index in [2.05, 4.69) is 20.9 Å². The number of fused-ring (bicyclic) bond motifs is 1. The molecule has 3 rings (SSSR count). The topological polar surface area (TPSA) is 17.8 Å². The van der Waals surface area contributed by atoms with Crippen molar-refractivity contribution in [3.05, 3.63) is 64.9 Å². The summed E-state index contributed by atoms with van der Waals surface area (Å²) in [6.07, 6.45) is 2.98. The number of imidazole rings is 1. The molecule has 0 amide bonds. The number of aromatic nitrogens is 2. The molecule has 0 bridgehead atoms. The van der Waals surface area contributed by atoms with Crippen molar-refractivity contribution in [3.63, 3.8) is 0 Å². The molecular formula is C15H10BrFN2. The molecular weight excluding hydrogens is 307 g/mol. The fourth-order valence-corrected chi connectivity index (χ4v) is 2.35. The Morgan fingerprint density at radius 2 is 2.00 bits per heavy atom. The highest BCUT2D eigenvalue weighted by atomic mass is 79.9. The van der Waals surface area contributed by atoms with Crippen molar-refractivity contribution >= 4 is 39.0 Å². The fourth-order valence-electron chi connectivity index (χ4n) is 1.93. The van der Waals surface area contributed by atoms with Crippen LogP contribution >= 0.6 is 15.9 Å². The number of hydrogen-bond acceptors (Lipinski definition) is 1. The van der Waals surface area contributed by atoms with Crippen LogP contribution in [0.1, 0.15) is 5.56 Å². The van der Waals surface area contributed by atoms with Gasteiger partial charge in [0.2, 0.25) is 0 Å². The van der Waals surface area contributed by atoms with E-state index in [1.165, 1.54) is 17.0 Å². The summed E-state index contributed by atoms with van der Waals surface area (Å²) >= 11 is 3.37. The first-order valence-electron chi connectivity index (χ1n) is 5.79. The summed E-state index contributed by atoms with van der Waals surface area (Å²) in [5.74, 6) is -0.355. The Bertz CT molecular complexity index is 761. The standard InChI is InChI=1S/C15H10BrFN2/c16-12-5-3-4-11(8-12)9-15(17)19-10-18-13-6-1-2-7-14(13)19/h1-10H. The minimum atomic E-state index is -0.355. The maximum absolute atomic E-state index is 14.3. The first kappa shape index (κ1) is 12.1. The van der Waals surface area contributed by atoms with Gasteiger partial charge in [0.25, 0.3) is 0 Å². The van der Waals surface area contributed by atoms with Crippen molar-refractivity contribution in [2.75, 3.05) is 0 Å². The summed E-state index contributed by atoms with van der Waals surface area (Å²) in [7, 11) is 0. The van der Waals surface area contributed by atoms with Crippen molar-refractivity contribution in [2.45, 2.75) is 0 Å². The molecule has 1 aromatic heterocycles. The van der Waals surface area contributed by atoms with Gasteiger partial charge in [0.05, 0.1) is 11.0 Å². The normalized spacial score (nSPS) is 12.0. The average Bonchev–Trinajstić information content (AvgIpc) is 2.82. The van der Waals surface area contributed by atoms with Crippen LogP contribution in [-0.2, 0) is 0 Å². The molecule has 3 aromatic rings. The predicted octanol–water partition coefficient (Wildman–Crippen LogP) is 4.72. The third kappa shape index (κ3) is 2.44. The molecule has 1 heterocycles. The summed E-state index contributed by atoms with van der Waals surface area (Å²) in [4.78, 5) is 4.17. The fraction of sp³-hybridized carbons (Fsp3) is 0. The summed E-state index contributed by atoms with van der Waals surface area (Å²) in [6.45, 7) is 0. The highest BCUT2D eigenvalue weighted by Crippen LogP contribution is 2.21. The summed E-state index contributed by atoms with van der Waals surface area (Å²) in [5.41, 5.74) is 2.33. The number of para-hydroxylation sites is 2. The number of nitrogens with zero attached hydrogens (tertiary/aromatic N) is 2. The van der Waals surface area contributed by atoms with Crippen LogP contribution in [0, 0.1) is 0 Å². The molecule has 0 aliphatic rings. The summed E-state index contributed by atoms with van der Waals surface area (Å²) in [6, 6.07) is 14.9. The van der Waals surface area contributed by atoms with Crippen LogP contribution in [-0.4, -0.2) is 9.55 Å². The Labute approximate surface area is 118 Å². The highest BCUT2D eigenvalue weighted by Gasteiger charge is 2.05. The Balaban J connectivity index is 2.06. The Morgan fingerprint density at radius 1 is 1.16 bits per heavy atom. The van der Waals surface area contributed by atoms with E-state index in [4.69, 9.17) is 0 Å². The van der Waals surface area contributed by atoms with Crippen LogP contribution in [0.5, 0.6) is 0 Å². The van der Waals surface area contributed by atoms with Crippen LogP contribution in [0.2, 0.25) is 0 Å². The van der Waals surface area contributed by atoms with Gasteiger partial charge >= 0.3 is 0 Å². The van der Waals surface area contributed by atoms with Gasteiger partial charge in [-0.15, -0.1) is 0 Å². The van der Waals surface area contributed by atoms with Crippen molar-refractivity contribution in [1.29, 1.82) is 0 Å². The van der Waals surface area contributed by atoms with Crippen molar-refractivity contribution < 1.29 is 4.39 Å². The lowest BCUT2D eigenvalue weighted by molar-refractivity contribution is 0.700. The quantitative estimate of drug-likeness (QED) is 0.668. The number of benzene rings is 2. The largest absolute Gasteiger partial charge is 0.275 e. The van der Waals surface area contributed by atoms with Gasteiger partial charge in [-0.1, -0.05) is 40.2 Å². The molecule has 0 saturated carbocycles. The Hall–Kier alpha value is -1.94. The minimum absolute atomic E-state index is 0.355. The van der Waals surface area contributed by atoms with E-state index in [1.54, 1.807) is 0 Å². The third-order valence-corrected chi connectivity index (χ3v) is 3.31. The summed E-state index contributed by atoms with van der Waals surface area (Å²) < 4.78 is 16.6. The first-order chi connectivity index (χ1) is 9.24. The van der Waals surface area contributed by atoms with Crippen LogP contribution in [0.3, 0.4) is 0 Å². The molecule has 0 N–H and O–H groups in total. The lowest BCUT2D eigenvalue weighted by atomic mass is 10.2. The lowest BCUT2D eigenvalue weighted by Crippen LogP contribution is -1.89. The van der Waals surface area contributed by atoms with E-state index in [1.807, 2.05) is 48.5 Å². The molecule has 0 radical (unpaired) electrons. The van der Waals surface area contributed by atoms with Crippen LogP contribution in [0.4, 0.5) is 4.39 Å². The van der Waals surface area contributed by atoms with Gasteiger partial charge in [-0.25, -0.2) is 4.98 Å². The van der Waals surface area contributed by atoms with Gasteiger partial charge in [-0.05, 0) is 35.9 Å². The molecule has 0 fully saturated rings. The number of halogens is 2. The van der Waals surface area contributed by atoms with E-state index < -0.39 is 0 Å². The van der Waals surface area contributed by atoms with Gasteiger partial charge in [-0.3, -0.25) is 4.57 Å². The maximum atomic E-state index is 14.3. The van der Waals surface area contributed by atoms with Gasteiger partial charge in [0.1, 0.15) is 6.33 Å². The van der Waals surface area contributed by atoms with Crippen LogP contribution in [0.25, 0.3) is 23.1 Å². The van der Waals surface area contributed by atoms with Gasteiger partial charge in [-0.2, -0.15) is 4.39 Å². The third-order valence-electron chi connectivity index (χ3n) is 2.82. The Kier molecular flexibility index (Phi) is 3.17. The molecule has 94 valence electrons. The molecule has 2 aromatic carbocycles. The predicted molar refractivity (Wildman–Crippen MR) is 79.2 cm³/mol. The maximum Gasteiger partial charge on any atom is 0.200 e. The van der Waals surface area contributed by atoms with Crippen molar-refractivity contribution in [1.82, 2.24) is 9.55 Å².